The third-order valence-electron chi connectivity index (χ3n) is 4.97. The number of hydrogen-bond acceptors (Lipinski definition) is 14. The van der Waals surface area contributed by atoms with Crippen LogP contribution in [0.4, 0.5) is 0 Å². The lowest BCUT2D eigenvalue weighted by Crippen LogP contribution is -2.46. The molecular formula is C20H18O14. The van der Waals surface area contributed by atoms with Crippen LogP contribution in [0.1, 0.15) is 0 Å². The summed E-state index contributed by atoms with van der Waals surface area (Å²) in [7, 11) is 0. The summed E-state index contributed by atoms with van der Waals surface area (Å²) in [4.78, 5) is 33.9. The van der Waals surface area contributed by atoms with Crippen LogP contribution in [0.5, 0.6) is 23.0 Å². The Morgan fingerprint density at radius 2 is 1.18 bits per heavy atom. The van der Waals surface area contributed by atoms with Crippen LogP contribution in [-0.4, -0.2) is 83.3 Å². The second kappa shape index (κ2) is 9.12. The van der Waals surface area contributed by atoms with E-state index in [1.54, 1.807) is 0 Å². The quantitative estimate of drug-likeness (QED) is 0.0641. The molecule has 2 aromatic heterocycles. The smallest absolute Gasteiger partial charge is 0.344 e. The number of rotatable bonds is 5. The number of phenolic OH excluding ortho intramolecular Hbond substituents is 4. The van der Waals surface area contributed by atoms with Crippen molar-refractivity contribution in [1.82, 2.24) is 0 Å². The monoisotopic (exact) mass is 482 g/mol. The first-order chi connectivity index (χ1) is 15.9. The number of benzene rings is 2. The molecule has 0 fully saturated rings. The largest absolute Gasteiger partial charge is 0.504 e. The number of carbonyl (C=O) groups is 1. The van der Waals surface area contributed by atoms with Gasteiger partial charge in [-0.3, -0.25) is 0 Å². The van der Waals surface area contributed by atoms with E-state index in [2.05, 4.69) is 0 Å². The molecular weight excluding hydrogens is 464 g/mol. The molecule has 182 valence electrons. The van der Waals surface area contributed by atoms with Crippen molar-refractivity contribution in [2.24, 2.45) is 0 Å². The summed E-state index contributed by atoms with van der Waals surface area (Å²) in [6.45, 7) is -0.760. The number of aldehydes is 1. The van der Waals surface area contributed by atoms with Crippen molar-refractivity contribution in [1.29, 1.82) is 0 Å². The lowest BCUT2D eigenvalue weighted by molar-refractivity contribution is -0.136. The molecule has 34 heavy (non-hydrogen) atoms. The Bertz CT molecular complexity index is 1370. The van der Waals surface area contributed by atoms with Crippen LogP contribution in [0.3, 0.4) is 0 Å². The first kappa shape index (κ1) is 24.7. The highest BCUT2D eigenvalue weighted by Gasteiger charge is 2.29. The maximum absolute atomic E-state index is 12.0. The molecule has 4 atom stereocenters. The average molecular weight is 482 g/mol. The second-order valence-electron chi connectivity index (χ2n) is 7.13. The van der Waals surface area contributed by atoms with Gasteiger partial charge in [-0.1, -0.05) is 0 Å². The topological polar surface area (TPSA) is 260 Å². The van der Waals surface area contributed by atoms with Crippen LogP contribution in [0.25, 0.3) is 32.7 Å². The van der Waals surface area contributed by atoms with E-state index in [9.17, 15) is 34.8 Å². The van der Waals surface area contributed by atoms with Crippen molar-refractivity contribution in [3.8, 4) is 23.0 Å². The molecule has 0 bridgehead atoms. The Hall–Kier alpha value is -3.95. The fraction of sp³-hybridized carbons (Fsp3) is 0.250. The van der Waals surface area contributed by atoms with E-state index in [0.717, 1.165) is 12.1 Å². The van der Waals surface area contributed by atoms with Crippen molar-refractivity contribution in [2.75, 3.05) is 6.61 Å². The van der Waals surface area contributed by atoms with Crippen LogP contribution < -0.4 is 11.3 Å². The summed E-state index contributed by atoms with van der Waals surface area (Å²) in [5, 5.41) is 82.2. The summed E-state index contributed by atoms with van der Waals surface area (Å²) in [5.74, 6) is -2.75. The first-order valence-corrected chi connectivity index (χ1v) is 9.35. The van der Waals surface area contributed by atoms with Gasteiger partial charge < -0.3 is 59.6 Å². The minimum absolute atomic E-state index is 0.00597. The van der Waals surface area contributed by atoms with E-state index in [0.29, 0.717) is 0 Å². The molecule has 0 radical (unpaired) electrons. The van der Waals surface area contributed by atoms with E-state index in [1.165, 1.54) is 0 Å². The maximum atomic E-state index is 12.0. The Morgan fingerprint density at radius 3 is 1.53 bits per heavy atom. The molecule has 0 amide bonds. The van der Waals surface area contributed by atoms with Gasteiger partial charge in [-0.15, -0.1) is 0 Å². The maximum Gasteiger partial charge on any atom is 0.344 e. The van der Waals surface area contributed by atoms with Crippen molar-refractivity contribution in [3.63, 3.8) is 0 Å². The third-order valence-corrected chi connectivity index (χ3v) is 4.97. The molecule has 14 nitrogen and oxygen atoms in total. The highest BCUT2D eigenvalue weighted by Crippen LogP contribution is 2.44. The van der Waals surface area contributed by atoms with Gasteiger partial charge in [0.1, 0.15) is 24.4 Å². The van der Waals surface area contributed by atoms with Gasteiger partial charge in [-0.25, -0.2) is 9.59 Å². The molecule has 0 saturated heterocycles. The molecule has 0 aliphatic heterocycles. The highest BCUT2D eigenvalue weighted by atomic mass is 16.4. The molecule has 2 heterocycles. The lowest BCUT2D eigenvalue weighted by atomic mass is 10.0. The number of aromatic hydroxyl groups is 4. The van der Waals surface area contributed by atoms with Crippen LogP contribution in [0.15, 0.2) is 30.6 Å². The first-order valence-electron chi connectivity index (χ1n) is 9.35. The molecule has 2 aromatic carbocycles. The van der Waals surface area contributed by atoms with E-state index in [-0.39, 0.29) is 27.8 Å². The standard InChI is InChI=1S/C14H6O8.C6H12O6/c15-5-1-3-7-8-4(14(20)22-11(7)9(5)17)2-6(16)10(18)12(8)21-13(3)19;7-1-3(9)5(11)6(12)4(10)2-8/h1-2,15-18H;1,3-6,8-12H,2H2/t;3-,4+,5+,6+/m.0/s1. The highest BCUT2D eigenvalue weighted by molar-refractivity contribution is 6.22. The minimum atomic E-state index is -1.79. The van der Waals surface area contributed by atoms with Crippen LogP contribution in [0, 0.1) is 0 Å². The van der Waals surface area contributed by atoms with Crippen molar-refractivity contribution >= 4 is 39.0 Å². The number of aliphatic hydroxyl groups is 5. The molecule has 9 N–H and O–H groups in total. The van der Waals surface area contributed by atoms with E-state index < -0.39 is 76.4 Å². The molecule has 0 aliphatic carbocycles. The van der Waals surface area contributed by atoms with E-state index in [4.69, 9.17) is 34.4 Å². The zero-order chi connectivity index (χ0) is 25.5. The molecule has 4 rings (SSSR count). The van der Waals surface area contributed by atoms with Gasteiger partial charge in [0.2, 0.25) is 11.5 Å². The average Bonchev–Trinajstić information content (AvgIpc) is 2.82. The second-order valence-corrected chi connectivity index (χ2v) is 7.13. The summed E-state index contributed by atoms with van der Waals surface area (Å²) in [6.07, 6.45) is -6.84. The number of carbonyl (C=O) groups excluding carboxylic acids is 1. The summed E-state index contributed by atoms with van der Waals surface area (Å²) < 4.78 is 9.87. The minimum Gasteiger partial charge on any atom is -0.504 e. The fourth-order valence-corrected chi connectivity index (χ4v) is 3.20. The number of hydrogen-bond donors (Lipinski definition) is 9. The summed E-state index contributed by atoms with van der Waals surface area (Å²) >= 11 is 0. The molecule has 0 spiro atoms. The predicted molar refractivity (Wildman–Crippen MR) is 111 cm³/mol. The fourth-order valence-electron chi connectivity index (χ4n) is 3.20. The SMILES string of the molecule is O=C[C@H](O)[C@@H](O)[C@H](O)[C@H](O)CO.O=c1oc2c(O)c(O)cc3c(=O)oc4c(O)c(O)cc1c4c23. The van der Waals surface area contributed by atoms with Crippen molar-refractivity contribution in [3.05, 3.63) is 33.0 Å². The normalized spacial score (nSPS) is 15.1. The van der Waals surface area contributed by atoms with Gasteiger partial charge in [0.25, 0.3) is 0 Å². The Kier molecular flexibility index (Phi) is 6.63. The van der Waals surface area contributed by atoms with Gasteiger partial charge in [0, 0.05) is 10.8 Å². The Morgan fingerprint density at radius 1 is 0.765 bits per heavy atom. The van der Waals surface area contributed by atoms with E-state index in [1.807, 2.05) is 0 Å². The zero-order valence-corrected chi connectivity index (χ0v) is 16.8. The van der Waals surface area contributed by atoms with Gasteiger partial charge >= 0.3 is 11.3 Å². The summed E-state index contributed by atoms with van der Waals surface area (Å²) in [6, 6.07) is 1.93. The Labute approximate surface area is 186 Å². The molecule has 14 heteroatoms. The molecule has 0 aliphatic rings. The number of phenols is 4. The van der Waals surface area contributed by atoms with Gasteiger partial charge in [-0.2, -0.15) is 0 Å². The van der Waals surface area contributed by atoms with Gasteiger partial charge in [0.05, 0.1) is 17.4 Å². The van der Waals surface area contributed by atoms with E-state index >= 15 is 0 Å². The molecule has 4 aromatic rings. The van der Waals surface area contributed by atoms with Crippen LogP contribution in [0.2, 0.25) is 0 Å². The predicted octanol–water partition coefficient (Wildman–Crippen LogP) is -2.07. The van der Waals surface area contributed by atoms with Crippen molar-refractivity contribution < 1.29 is 59.6 Å². The third kappa shape index (κ3) is 3.95. The molecule has 0 saturated carbocycles. The van der Waals surface area contributed by atoms with Crippen LogP contribution >= 0.6 is 0 Å². The van der Waals surface area contributed by atoms with Crippen LogP contribution in [-0.2, 0) is 4.79 Å². The van der Waals surface area contributed by atoms with Crippen molar-refractivity contribution in [2.45, 2.75) is 24.4 Å². The molecule has 0 unspecified atom stereocenters. The lowest BCUT2D eigenvalue weighted by Gasteiger charge is -2.22. The number of aliphatic hydroxyl groups excluding tert-OH is 5. The van der Waals surface area contributed by atoms with Gasteiger partial charge in [-0.05, 0) is 12.1 Å². The summed E-state index contributed by atoms with van der Waals surface area (Å²) in [5.41, 5.74) is -2.70. The zero-order valence-electron chi connectivity index (χ0n) is 16.8. The van der Waals surface area contributed by atoms with Gasteiger partial charge in [0.15, 0.2) is 29.0 Å². The Balaban J connectivity index is 0.000000232.